The fourth-order valence-corrected chi connectivity index (χ4v) is 3.30. The van der Waals surface area contributed by atoms with E-state index in [1.807, 2.05) is 29.9 Å². The van der Waals surface area contributed by atoms with E-state index in [4.69, 9.17) is 11.6 Å². The van der Waals surface area contributed by atoms with Crippen molar-refractivity contribution in [2.24, 2.45) is 7.05 Å². The number of anilines is 1. The smallest absolute Gasteiger partial charge is 0.294 e. The van der Waals surface area contributed by atoms with Gasteiger partial charge in [0.25, 0.3) is 11.1 Å². The lowest BCUT2D eigenvalue weighted by Crippen LogP contribution is -2.36. The molecule has 6 nitrogen and oxygen atoms in total. The van der Waals surface area contributed by atoms with Gasteiger partial charge in [-0.1, -0.05) is 23.7 Å². The van der Waals surface area contributed by atoms with Crippen LogP contribution in [0.4, 0.5) is 10.5 Å². The molecule has 3 rings (SSSR count). The van der Waals surface area contributed by atoms with Crippen LogP contribution < -0.4 is 5.32 Å². The maximum absolute atomic E-state index is 12.4. The summed E-state index contributed by atoms with van der Waals surface area (Å²) in [5, 5.41) is 2.51. The van der Waals surface area contributed by atoms with Crippen molar-refractivity contribution >= 4 is 52.2 Å². The predicted molar refractivity (Wildman–Crippen MR) is 98.2 cm³/mol. The quantitative estimate of drug-likeness (QED) is 0.832. The van der Waals surface area contributed by atoms with Crippen LogP contribution in [-0.4, -0.2) is 33.1 Å². The number of aromatic nitrogens is 1. The van der Waals surface area contributed by atoms with E-state index >= 15 is 0 Å². The number of imide groups is 1. The zero-order chi connectivity index (χ0) is 18.0. The van der Waals surface area contributed by atoms with E-state index in [0.29, 0.717) is 10.7 Å². The highest BCUT2D eigenvalue weighted by molar-refractivity contribution is 8.18. The molecule has 2 heterocycles. The SMILES string of the molecule is Cn1cccc1/C=C1/SC(=O)N(CC(=O)Nc2ccccc2Cl)C1=O. The number of para-hydroxylation sites is 1. The van der Waals surface area contributed by atoms with Crippen LogP contribution in [0, 0.1) is 0 Å². The predicted octanol–water partition coefficient (Wildman–Crippen LogP) is 3.35. The molecule has 1 saturated heterocycles. The van der Waals surface area contributed by atoms with Gasteiger partial charge in [0.15, 0.2) is 0 Å². The van der Waals surface area contributed by atoms with Crippen molar-refractivity contribution in [2.45, 2.75) is 0 Å². The Morgan fingerprint density at radius 1 is 1.24 bits per heavy atom. The summed E-state index contributed by atoms with van der Waals surface area (Å²) in [6.45, 7) is -0.361. The van der Waals surface area contributed by atoms with Crippen LogP contribution in [0.1, 0.15) is 5.69 Å². The maximum Gasteiger partial charge on any atom is 0.294 e. The molecule has 128 valence electrons. The number of carbonyl (C=O) groups excluding carboxylic acids is 3. The van der Waals surface area contributed by atoms with Crippen molar-refractivity contribution in [1.82, 2.24) is 9.47 Å². The Kier molecular flexibility index (Phi) is 4.96. The third kappa shape index (κ3) is 3.78. The van der Waals surface area contributed by atoms with Gasteiger partial charge < -0.3 is 9.88 Å². The highest BCUT2D eigenvalue weighted by atomic mass is 35.5. The standard InChI is InChI=1S/C17H14ClN3O3S/c1-20-8-4-5-11(20)9-14-16(23)21(17(24)25-14)10-15(22)19-13-7-3-2-6-12(13)18/h2-9H,10H2,1H3,(H,19,22)/b14-9+. The topological polar surface area (TPSA) is 71.4 Å². The summed E-state index contributed by atoms with van der Waals surface area (Å²) in [7, 11) is 1.84. The highest BCUT2D eigenvalue weighted by Gasteiger charge is 2.36. The number of carbonyl (C=O) groups is 3. The van der Waals surface area contributed by atoms with Gasteiger partial charge in [0.1, 0.15) is 6.54 Å². The summed E-state index contributed by atoms with van der Waals surface area (Å²) in [6, 6.07) is 10.4. The van der Waals surface area contributed by atoms with Crippen molar-refractivity contribution < 1.29 is 14.4 Å². The molecule has 1 aliphatic heterocycles. The maximum atomic E-state index is 12.4. The number of hydrogen-bond donors (Lipinski definition) is 1. The number of aryl methyl sites for hydroxylation is 1. The number of thioether (sulfide) groups is 1. The number of nitrogens with zero attached hydrogens (tertiary/aromatic N) is 2. The molecule has 3 amide bonds. The van der Waals surface area contributed by atoms with Gasteiger partial charge in [0.05, 0.1) is 15.6 Å². The molecule has 0 atom stereocenters. The second-order valence-electron chi connectivity index (χ2n) is 5.34. The van der Waals surface area contributed by atoms with Gasteiger partial charge in [0.2, 0.25) is 5.91 Å². The molecule has 1 N–H and O–H groups in total. The number of benzene rings is 1. The molecule has 0 bridgehead atoms. The first-order valence-electron chi connectivity index (χ1n) is 7.37. The number of rotatable bonds is 4. The summed E-state index contributed by atoms with van der Waals surface area (Å²) in [6.07, 6.45) is 3.48. The zero-order valence-corrected chi connectivity index (χ0v) is 14.8. The van der Waals surface area contributed by atoms with Gasteiger partial charge in [0, 0.05) is 18.9 Å². The van der Waals surface area contributed by atoms with Gasteiger partial charge in [-0.05, 0) is 42.1 Å². The highest BCUT2D eigenvalue weighted by Crippen LogP contribution is 2.32. The minimum atomic E-state index is -0.490. The van der Waals surface area contributed by atoms with Crippen molar-refractivity contribution in [3.63, 3.8) is 0 Å². The van der Waals surface area contributed by atoms with Crippen LogP contribution in [0.25, 0.3) is 6.08 Å². The Bertz CT molecular complexity index is 891. The number of nitrogens with one attached hydrogen (secondary N) is 1. The summed E-state index contributed by atoms with van der Waals surface area (Å²) in [4.78, 5) is 37.8. The molecule has 1 aromatic heterocycles. The molecule has 2 aromatic rings. The van der Waals surface area contributed by atoms with Crippen molar-refractivity contribution in [1.29, 1.82) is 0 Å². The lowest BCUT2D eigenvalue weighted by Gasteiger charge is -2.13. The van der Waals surface area contributed by atoms with Crippen LogP contribution >= 0.6 is 23.4 Å². The lowest BCUT2D eigenvalue weighted by molar-refractivity contribution is -0.127. The number of hydrogen-bond acceptors (Lipinski definition) is 4. The van der Waals surface area contributed by atoms with Crippen LogP contribution in [0.15, 0.2) is 47.5 Å². The molecule has 0 spiro atoms. The van der Waals surface area contributed by atoms with Crippen molar-refractivity contribution in [3.8, 4) is 0 Å². The second kappa shape index (κ2) is 7.16. The number of halogens is 1. The minimum Gasteiger partial charge on any atom is -0.351 e. The van der Waals surface area contributed by atoms with E-state index in [0.717, 1.165) is 22.4 Å². The average molecular weight is 376 g/mol. The molecule has 0 aliphatic carbocycles. The van der Waals surface area contributed by atoms with E-state index in [1.165, 1.54) is 0 Å². The van der Waals surface area contributed by atoms with Crippen LogP contribution in [0.2, 0.25) is 5.02 Å². The van der Waals surface area contributed by atoms with Gasteiger partial charge in [-0.2, -0.15) is 0 Å². The summed E-state index contributed by atoms with van der Waals surface area (Å²) < 4.78 is 1.83. The van der Waals surface area contributed by atoms with Crippen LogP contribution in [0.3, 0.4) is 0 Å². The Hall–Kier alpha value is -2.51. The van der Waals surface area contributed by atoms with Gasteiger partial charge in [-0.25, -0.2) is 0 Å². The Balaban J connectivity index is 1.71. The first-order valence-corrected chi connectivity index (χ1v) is 8.56. The Morgan fingerprint density at radius 3 is 2.68 bits per heavy atom. The molecule has 1 aromatic carbocycles. The molecule has 0 radical (unpaired) electrons. The van der Waals surface area contributed by atoms with E-state index in [-0.39, 0.29) is 11.4 Å². The van der Waals surface area contributed by atoms with Crippen LogP contribution in [-0.2, 0) is 16.6 Å². The van der Waals surface area contributed by atoms with Crippen molar-refractivity contribution in [3.05, 3.63) is 58.2 Å². The van der Waals surface area contributed by atoms with Crippen molar-refractivity contribution in [2.75, 3.05) is 11.9 Å². The zero-order valence-electron chi connectivity index (χ0n) is 13.2. The average Bonchev–Trinajstić information content (AvgIpc) is 3.08. The summed E-state index contributed by atoms with van der Waals surface area (Å²) >= 11 is 6.80. The summed E-state index contributed by atoms with van der Waals surface area (Å²) in [5.74, 6) is -0.971. The second-order valence-corrected chi connectivity index (χ2v) is 6.74. The van der Waals surface area contributed by atoms with Gasteiger partial charge >= 0.3 is 0 Å². The normalized spacial score (nSPS) is 15.9. The Morgan fingerprint density at radius 2 is 2.00 bits per heavy atom. The van der Waals surface area contributed by atoms with E-state index in [2.05, 4.69) is 5.32 Å². The summed E-state index contributed by atoms with van der Waals surface area (Å²) in [5.41, 5.74) is 1.23. The molecule has 0 unspecified atom stereocenters. The third-order valence-corrected chi connectivity index (χ3v) is 4.82. The minimum absolute atomic E-state index is 0.289. The van der Waals surface area contributed by atoms with E-state index in [1.54, 1.807) is 30.3 Å². The molecule has 1 fully saturated rings. The fraction of sp³-hybridized carbons (Fsp3) is 0.118. The van der Waals surface area contributed by atoms with Crippen LogP contribution in [0.5, 0.6) is 0 Å². The molecule has 0 saturated carbocycles. The molecule has 8 heteroatoms. The molecule has 1 aliphatic rings. The van der Waals surface area contributed by atoms with E-state index < -0.39 is 17.1 Å². The lowest BCUT2D eigenvalue weighted by atomic mass is 10.3. The number of amides is 3. The Labute approximate surface area is 153 Å². The monoisotopic (exact) mass is 375 g/mol. The molecule has 25 heavy (non-hydrogen) atoms. The molecular formula is C17H14ClN3O3S. The van der Waals surface area contributed by atoms with E-state index in [9.17, 15) is 14.4 Å². The first kappa shape index (κ1) is 17.3. The third-order valence-electron chi connectivity index (χ3n) is 3.59. The van der Waals surface area contributed by atoms with Gasteiger partial charge in [-0.15, -0.1) is 0 Å². The molecular weight excluding hydrogens is 362 g/mol. The first-order chi connectivity index (χ1) is 12.0. The fourth-order valence-electron chi connectivity index (χ4n) is 2.29. The van der Waals surface area contributed by atoms with Gasteiger partial charge in [-0.3, -0.25) is 19.3 Å². The largest absolute Gasteiger partial charge is 0.351 e.